The number of hydrazone groups is 1. The molecule has 0 radical (unpaired) electrons. The second kappa shape index (κ2) is 13.3. The van der Waals surface area contributed by atoms with E-state index in [1.807, 2.05) is 66.1 Å². The van der Waals surface area contributed by atoms with Gasteiger partial charge in [0, 0.05) is 22.9 Å². The summed E-state index contributed by atoms with van der Waals surface area (Å²) in [6.07, 6.45) is 1.49. The zero-order valence-electron chi connectivity index (χ0n) is 22.1. The van der Waals surface area contributed by atoms with E-state index in [1.165, 1.54) is 25.1 Å². The van der Waals surface area contributed by atoms with Gasteiger partial charge in [-0.25, -0.2) is 5.43 Å². The Morgan fingerprint density at radius 1 is 0.949 bits per heavy atom. The number of amides is 1. The minimum atomic E-state index is -0.307. The van der Waals surface area contributed by atoms with Crippen molar-refractivity contribution in [3.63, 3.8) is 0 Å². The molecule has 3 aromatic carbocycles. The molecule has 39 heavy (non-hydrogen) atoms. The molecule has 1 N–H and O–H groups in total. The van der Waals surface area contributed by atoms with Crippen molar-refractivity contribution >= 4 is 23.9 Å². The Hall–Kier alpha value is -4.51. The molecule has 10 nitrogen and oxygen atoms in total. The van der Waals surface area contributed by atoms with E-state index in [9.17, 15) is 4.79 Å². The van der Waals surface area contributed by atoms with Crippen LogP contribution in [-0.2, 0) is 4.79 Å². The minimum absolute atomic E-state index is 0.0738. The summed E-state index contributed by atoms with van der Waals surface area (Å²) in [6.45, 7) is 2.52. The average molecular weight is 548 g/mol. The molecule has 4 aromatic rings. The van der Waals surface area contributed by atoms with Crippen LogP contribution >= 0.6 is 11.8 Å². The van der Waals surface area contributed by atoms with E-state index in [0.717, 1.165) is 17.0 Å². The highest BCUT2D eigenvalue weighted by Crippen LogP contribution is 2.34. The highest BCUT2D eigenvalue weighted by Gasteiger charge is 2.17. The fraction of sp³-hybridized carbons (Fsp3) is 0.214. The number of nitrogens with one attached hydrogen (secondary N) is 1. The first kappa shape index (κ1) is 27.5. The predicted molar refractivity (Wildman–Crippen MR) is 151 cm³/mol. The number of ether oxygens (including phenoxy) is 4. The van der Waals surface area contributed by atoms with Crippen molar-refractivity contribution in [1.82, 2.24) is 20.2 Å². The van der Waals surface area contributed by atoms with Gasteiger partial charge in [0.05, 0.1) is 39.9 Å². The molecule has 0 saturated carbocycles. The van der Waals surface area contributed by atoms with Gasteiger partial charge >= 0.3 is 0 Å². The molecule has 202 valence electrons. The van der Waals surface area contributed by atoms with Crippen LogP contribution in [0, 0.1) is 0 Å². The summed E-state index contributed by atoms with van der Waals surface area (Å²) >= 11 is 1.26. The Balaban J connectivity index is 1.50. The summed E-state index contributed by atoms with van der Waals surface area (Å²) in [5, 5.41) is 13.4. The van der Waals surface area contributed by atoms with Gasteiger partial charge in [-0.05, 0) is 37.3 Å². The summed E-state index contributed by atoms with van der Waals surface area (Å²) < 4.78 is 23.5. The molecular formula is C28H29N5O5S. The number of rotatable bonds is 12. The van der Waals surface area contributed by atoms with Crippen molar-refractivity contribution in [2.45, 2.75) is 12.1 Å². The van der Waals surface area contributed by atoms with Crippen molar-refractivity contribution in [3.8, 4) is 40.1 Å². The molecule has 0 fully saturated rings. The summed E-state index contributed by atoms with van der Waals surface area (Å²) in [5.41, 5.74) is 4.92. The fourth-order valence-electron chi connectivity index (χ4n) is 3.72. The SMILES string of the molecule is CCOc1ccc(-n2c(SCC(=O)NN=Cc3cc(OC)c(OC)cc3OC)nnc2-c2ccccc2)cc1. The van der Waals surface area contributed by atoms with Gasteiger partial charge in [-0.2, -0.15) is 5.10 Å². The zero-order valence-corrected chi connectivity index (χ0v) is 22.9. The third-order valence-electron chi connectivity index (χ3n) is 5.53. The molecule has 4 rings (SSSR count). The van der Waals surface area contributed by atoms with E-state index in [-0.39, 0.29) is 11.7 Å². The van der Waals surface area contributed by atoms with Gasteiger partial charge < -0.3 is 18.9 Å². The van der Waals surface area contributed by atoms with E-state index >= 15 is 0 Å². The maximum Gasteiger partial charge on any atom is 0.250 e. The predicted octanol–water partition coefficient (Wildman–Crippen LogP) is 4.60. The van der Waals surface area contributed by atoms with Crippen LogP contribution in [0.2, 0.25) is 0 Å². The molecule has 0 aliphatic rings. The van der Waals surface area contributed by atoms with Crippen molar-refractivity contribution in [2.24, 2.45) is 5.10 Å². The van der Waals surface area contributed by atoms with E-state index in [0.29, 0.717) is 40.4 Å². The van der Waals surface area contributed by atoms with Gasteiger partial charge in [-0.15, -0.1) is 10.2 Å². The van der Waals surface area contributed by atoms with E-state index in [2.05, 4.69) is 20.7 Å². The minimum Gasteiger partial charge on any atom is -0.496 e. The summed E-state index contributed by atoms with van der Waals surface area (Å²) in [4.78, 5) is 12.6. The number of hydrogen-bond donors (Lipinski definition) is 1. The summed E-state index contributed by atoms with van der Waals surface area (Å²) in [7, 11) is 4.63. The molecule has 1 amide bonds. The Morgan fingerprint density at radius 3 is 2.31 bits per heavy atom. The number of hydrogen-bond acceptors (Lipinski definition) is 9. The topological polar surface area (TPSA) is 109 Å². The van der Waals surface area contributed by atoms with E-state index < -0.39 is 0 Å². The van der Waals surface area contributed by atoms with Crippen LogP contribution in [0.4, 0.5) is 0 Å². The lowest BCUT2D eigenvalue weighted by atomic mass is 10.2. The first-order valence-corrected chi connectivity index (χ1v) is 13.0. The Kier molecular flexibility index (Phi) is 9.41. The largest absolute Gasteiger partial charge is 0.496 e. The number of methoxy groups -OCH3 is 3. The number of thioether (sulfide) groups is 1. The lowest BCUT2D eigenvalue weighted by molar-refractivity contribution is -0.118. The molecule has 11 heteroatoms. The highest BCUT2D eigenvalue weighted by atomic mass is 32.2. The molecule has 0 aliphatic heterocycles. The van der Waals surface area contributed by atoms with Gasteiger partial charge in [0.15, 0.2) is 22.5 Å². The Labute approximate surface area is 231 Å². The standard InChI is InChI=1S/C28H29N5O5S/c1-5-38-22-13-11-21(12-14-22)33-27(19-9-7-6-8-10-19)31-32-28(33)39-18-26(34)30-29-17-20-15-24(36-3)25(37-4)16-23(20)35-2/h6-17H,5,18H2,1-4H3,(H,30,34). The van der Waals surface area contributed by atoms with Crippen molar-refractivity contribution < 1.29 is 23.7 Å². The van der Waals surface area contributed by atoms with Crippen LogP contribution in [0.15, 0.2) is 77.0 Å². The molecule has 0 saturated heterocycles. The van der Waals surface area contributed by atoms with E-state index in [4.69, 9.17) is 18.9 Å². The number of nitrogens with zero attached hydrogens (tertiary/aromatic N) is 4. The molecule has 1 heterocycles. The maximum absolute atomic E-state index is 12.6. The maximum atomic E-state index is 12.6. The number of aromatic nitrogens is 3. The summed E-state index contributed by atoms with van der Waals surface area (Å²) in [6, 6.07) is 20.8. The molecular weight excluding hydrogens is 518 g/mol. The highest BCUT2D eigenvalue weighted by molar-refractivity contribution is 7.99. The molecule has 1 aromatic heterocycles. The van der Waals surface area contributed by atoms with Gasteiger partial charge in [-0.3, -0.25) is 9.36 Å². The van der Waals surface area contributed by atoms with E-state index in [1.54, 1.807) is 26.4 Å². The van der Waals surface area contributed by atoms with Crippen molar-refractivity contribution in [1.29, 1.82) is 0 Å². The van der Waals surface area contributed by atoms with Crippen molar-refractivity contribution in [3.05, 3.63) is 72.3 Å². The van der Waals surface area contributed by atoms with Gasteiger partial charge in [0.25, 0.3) is 5.91 Å². The second-order valence-corrected chi connectivity index (χ2v) is 8.91. The Morgan fingerprint density at radius 2 is 1.64 bits per heavy atom. The third kappa shape index (κ3) is 6.68. The lowest BCUT2D eigenvalue weighted by Crippen LogP contribution is -2.20. The molecule has 0 bridgehead atoms. The van der Waals surface area contributed by atoms with Crippen LogP contribution in [0.25, 0.3) is 17.1 Å². The van der Waals surface area contributed by atoms with Crippen LogP contribution in [0.5, 0.6) is 23.0 Å². The Bertz CT molecular complexity index is 1420. The lowest BCUT2D eigenvalue weighted by Gasteiger charge is -2.12. The summed E-state index contributed by atoms with van der Waals surface area (Å²) in [5.74, 6) is 2.78. The van der Waals surface area contributed by atoms with Crippen LogP contribution in [0.1, 0.15) is 12.5 Å². The molecule has 0 aliphatic carbocycles. The van der Waals surface area contributed by atoms with Gasteiger partial charge in [-0.1, -0.05) is 42.1 Å². The molecule has 0 unspecified atom stereocenters. The van der Waals surface area contributed by atoms with Gasteiger partial charge in [0.2, 0.25) is 0 Å². The average Bonchev–Trinajstić information content (AvgIpc) is 3.40. The van der Waals surface area contributed by atoms with Crippen LogP contribution in [-0.4, -0.2) is 60.6 Å². The first-order chi connectivity index (χ1) is 19.1. The fourth-order valence-corrected chi connectivity index (χ4v) is 4.46. The van der Waals surface area contributed by atoms with Crippen LogP contribution in [0.3, 0.4) is 0 Å². The quantitative estimate of drug-likeness (QED) is 0.156. The smallest absolute Gasteiger partial charge is 0.250 e. The number of carbonyl (C=O) groups excluding carboxylic acids is 1. The number of carbonyl (C=O) groups is 1. The second-order valence-electron chi connectivity index (χ2n) is 7.97. The zero-order chi connectivity index (χ0) is 27.6. The van der Waals surface area contributed by atoms with Crippen LogP contribution < -0.4 is 24.4 Å². The van der Waals surface area contributed by atoms with Gasteiger partial charge in [0.1, 0.15) is 11.5 Å². The molecule has 0 atom stereocenters. The third-order valence-corrected chi connectivity index (χ3v) is 6.46. The normalized spacial score (nSPS) is 10.9. The monoisotopic (exact) mass is 547 g/mol. The number of benzene rings is 3. The van der Waals surface area contributed by atoms with Crippen molar-refractivity contribution in [2.75, 3.05) is 33.7 Å². The first-order valence-electron chi connectivity index (χ1n) is 12.1. The molecule has 0 spiro atoms.